The molecule has 0 saturated carbocycles. The standard InChI is InChI=1S/C12H19N5O2/c1-4-5-10(11(13)17-19)14-12(18)9-6-7(2)15-16-8(9)3/h6,10,19H,4-5H2,1-3H3,(H2,13,17)(H,14,18). The molecule has 7 heteroatoms. The highest BCUT2D eigenvalue weighted by Gasteiger charge is 2.19. The number of hydrogen-bond acceptors (Lipinski definition) is 5. The van der Waals surface area contributed by atoms with Crippen LogP contribution >= 0.6 is 0 Å². The smallest absolute Gasteiger partial charge is 0.253 e. The molecule has 0 radical (unpaired) electrons. The van der Waals surface area contributed by atoms with Crippen molar-refractivity contribution in [1.82, 2.24) is 15.5 Å². The molecule has 1 atom stereocenters. The van der Waals surface area contributed by atoms with E-state index in [1.54, 1.807) is 19.9 Å². The number of nitrogens with two attached hydrogens (primary N) is 1. The van der Waals surface area contributed by atoms with Gasteiger partial charge in [-0.15, -0.1) is 0 Å². The summed E-state index contributed by atoms with van der Waals surface area (Å²) in [7, 11) is 0. The first-order chi connectivity index (χ1) is 8.99. The number of hydrogen-bond donors (Lipinski definition) is 3. The number of rotatable bonds is 5. The van der Waals surface area contributed by atoms with Gasteiger partial charge in [0.1, 0.15) is 0 Å². The second-order valence-electron chi connectivity index (χ2n) is 4.32. The van der Waals surface area contributed by atoms with E-state index in [2.05, 4.69) is 20.7 Å². The summed E-state index contributed by atoms with van der Waals surface area (Å²) in [6, 6.07) is 1.17. The van der Waals surface area contributed by atoms with Gasteiger partial charge in [-0.05, 0) is 26.3 Å². The molecule has 104 valence electrons. The van der Waals surface area contributed by atoms with Crippen LogP contribution in [0, 0.1) is 13.8 Å². The van der Waals surface area contributed by atoms with Gasteiger partial charge >= 0.3 is 0 Å². The molecule has 1 aromatic heterocycles. The molecule has 19 heavy (non-hydrogen) atoms. The zero-order valence-electron chi connectivity index (χ0n) is 11.3. The van der Waals surface area contributed by atoms with Gasteiger partial charge in [-0.1, -0.05) is 18.5 Å². The molecule has 4 N–H and O–H groups in total. The van der Waals surface area contributed by atoms with E-state index in [0.29, 0.717) is 23.4 Å². The van der Waals surface area contributed by atoms with Gasteiger partial charge in [-0.25, -0.2) is 0 Å². The van der Waals surface area contributed by atoms with Gasteiger partial charge in [0.05, 0.1) is 23.0 Å². The molecular formula is C12H19N5O2. The minimum absolute atomic E-state index is 0.00779. The number of nitrogens with one attached hydrogen (secondary N) is 1. The maximum absolute atomic E-state index is 12.2. The van der Waals surface area contributed by atoms with Crippen LogP contribution in [0.5, 0.6) is 0 Å². The number of carbonyl (C=O) groups excluding carboxylic acids is 1. The van der Waals surface area contributed by atoms with Gasteiger partial charge in [0, 0.05) is 0 Å². The van der Waals surface area contributed by atoms with Crippen molar-refractivity contribution in [3.63, 3.8) is 0 Å². The van der Waals surface area contributed by atoms with Crippen LogP contribution in [-0.4, -0.2) is 33.2 Å². The summed E-state index contributed by atoms with van der Waals surface area (Å²) in [5.41, 5.74) is 7.20. The Kier molecular flexibility index (Phi) is 5.23. The third kappa shape index (κ3) is 3.90. The summed E-state index contributed by atoms with van der Waals surface area (Å²) >= 11 is 0. The summed E-state index contributed by atoms with van der Waals surface area (Å²) in [5.74, 6) is -0.313. The van der Waals surface area contributed by atoms with E-state index in [4.69, 9.17) is 10.9 Å². The summed E-state index contributed by atoms with van der Waals surface area (Å²) in [5, 5.41) is 22.1. The maximum Gasteiger partial charge on any atom is 0.253 e. The highest BCUT2D eigenvalue weighted by molar-refractivity contribution is 5.98. The molecule has 0 saturated heterocycles. The van der Waals surface area contributed by atoms with Gasteiger partial charge < -0.3 is 16.3 Å². The molecule has 0 bridgehead atoms. The normalized spacial score (nSPS) is 13.1. The van der Waals surface area contributed by atoms with Gasteiger partial charge in [0.2, 0.25) is 0 Å². The van der Waals surface area contributed by atoms with E-state index >= 15 is 0 Å². The first kappa shape index (κ1) is 14.9. The van der Waals surface area contributed by atoms with Crippen molar-refractivity contribution in [2.45, 2.75) is 39.7 Å². The van der Waals surface area contributed by atoms with Crippen LogP contribution in [-0.2, 0) is 0 Å². The number of amidine groups is 1. The minimum Gasteiger partial charge on any atom is -0.409 e. The maximum atomic E-state index is 12.2. The number of oxime groups is 1. The fourth-order valence-corrected chi connectivity index (χ4v) is 1.67. The molecule has 0 fully saturated rings. The van der Waals surface area contributed by atoms with Crippen LogP contribution in [0.1, 0.15) is 41.5 Å². The molecule has 0 spiro atoms. The third-order valence-corrected chi connectivity index (χ3v) is 2.70. The highest BCUT2D eigenvalue weighted by atomic mass is 16.4. The quantitative estimate of drug-likeness (QED) is 0.314. The van der Waals surface area contributed by atoms with Gasteiger partial charge in [0.25, 0.3) is 5.91 Å². The summed E-state index contributed by atoms with van der Waals surface area (Å²) in [6.45, 7) is 5.42. The first-order valence-electron chi connectivity index (χ1n) is 6.08. The van der Waals surface area contributed by atoms with E-state index in [9.17, 15) is 4.79 Å². The lowest BCUT2D eigenvalue weighted by molar-refractivity contribution is 0.0943. The Hall–Kier alpha value is -2.18. The fraction of sp³-hybridized carbons (Fsp3) is 0.500. The Labute approximate surface area is 111 Å². The Morgan fingerprint density at radius 3 is 2.79 bits per heavy atom. The van der Waals surface area contributed by atoms with E-state index in [1.807, 2.05) is 6.92 Å². The number of aromatic nitrogens is 2. The average molecular weight is 265 g/mol. The van der Waals surface area contributed by atoms with Crippen molar-refractivity contribution in [1.29, 1.82) is 0 Å². The Morgan fingerprint density at radius 1 is 1.53 bits per heavy atom. The molecule has 7 nitrogen and oxygen atoms in total. The molecule has 1 amide bonds. The molecule has 1 unspecified atom stereocenters. The Bertz CT molecular complexity index is 487. The predicted molar refractivity (Wildman–Crippen MR) is 71.1 cm³/mol. The SMILES string of the molecule is CCCC(NC(=O)c1cc(C)nnc1C)/C(N)=N/O. The topological polar surface area (TPSA) is 113 Å². The van der Waals surface area contributed by atoms with Crippen molar-refractivity contribution < 1.29 is 10.0 Å². The highest BCUT2D eigenvalue weighted by Crippen LogP contribution is 2.07. The fourth-order valence-electron chi connectivity index (χ4n) is 1.67. The molecule has 1 rings (SSSR count). The Balaban J connectivity index is 2.90. The van der Waals surface area contributed by atoms with E-state index in [1.165, 1.54) is 0 Å². The molecule has 0 aromatic carbocycles. The first-order valence-corrected chi connectivity index (χ1v) is 6.08. The van der Waals surface area contributed by atoms with Crippen molar-refractivity contribution in [2.24, 2.45) is 10.9 Å². The predicted octanol–water partition coefficient (Wildman–Crippen LogP) is 0.738. The van der Waals surface area contributed by atoms with Crippen molar-refractivity contribution >= 4 is 11.7 Å². The molecule has 0 aliphatic carbocycles. The number of carbonyl (C=O) groups is 1. The largest absolute Gasteiger partial charge is 0.409 e. The van der Waals surface area contributed by atoms with Gasteiger partial charge in [-0.2, -0.15) is 10.2 Å². The van der Waals surface area contributed by atoms with E-state index < -0.39 is 6.04 Å². The van der Waals surface area contributed by atoms with Gasteiger partial charge in [-0.3, -0.25) is 4.79 Å². The Morgan fingerprint density at radius 2 is 2.21 bits per heavy atom. The minimum atomic E-state index is -0.490. The lowest BCUT2D eigenvalue weighted by Crippen LogP contribution is -2.44. The molecule has 1 aromatic rings. The summed E-state index contributed by atoms with van der Waals surface area (Å²) < 4.78 is 0. The lowest BCUT2D eigenvalue weighted by Gasteiger charge is -2.17. The van der Waals surface area contributed by atoms with Gasteiger partial charge in [0.15, 0.2) is 5.84 Å². The summed E-state index contributed by atoms with van der Waals surface area (Å²) in [4.78, 5) is 12.2. The summed E-state index contributed by atoms with van der Waals surface area (Å²) in [6.07, 6.45) is 1.39. The lowest BCUT2D eigenvalue weighted by atomic mass is 10.1. The zero-order chi connectivity index (χ0) is 14.4. The van der Waals surface area contributed by atoms with Crippen molar-refractivity contribution in [2.75, 3.05) is 0 Å². The van der Waals surface area contributed by atoms with Crippen LogP contribution in [0.2, 0.25) is 0 Å². The van der Waals surface area contributed by atoms with Crippen LogP contribution in [0.4, 0.5) is 0 Å². The van der Waals surface area contributed by atoms with Crippen molar-refractivity contribution in [3.05, 3.63) is 23.0 Å². The van der Waals surface area contributed by atoms with E-state index in [-0.39, 0.29) is 11.7 Å². The second-order valence-corrected chi connectivity index (χ2v) is 4.32. The van der Waals surface area contributed by atoms with Crippen LogP contribution in [0.25, 0.3) is 0 Å². The van der Waals surface area contributed by atoms with Crippen LogP contribution in [0.15, 0.2) is 11.2 Å². The number of aryl methyl sites for hydroxylation is 2. The number of amides is 1. The molecular weight excluding hydrogens is 246 g/mol. The zero-order valence-corrected chi connectivity index (χ0v) is 11.3. The third-order valence-electron chi connectivity index (χ3n) is 2.70. The van der Waals surface area contributed by atoms with Crippen LogP contribution < -0.4 is 11.1 Å². The monoisotopic (exact) mass is 265 g/mol. The van der Waals surface area contributed by atoms with E-state index in [0.717, 1.165) is 6.42 Å². The number of nitrogens with zero attached hydrogens (tertiary/aromatic N) is 3. The van der Waals surface area contributed by atoms with Crippen LogP contribution in [0.3, 0.4) is 0 Å². The molecule has 0 aliphatic rings. The molecule has 0 aliphatic heterocycles. The molecule has 1 heterocycles. The average Bonchev–Trinajstić information content (AvgIpc) is 2.40. The second kappa shape index (κ2) is 6.67. The van der Waals surface area contributed by atoms with Crippen molar-refractivity contribution in [3.8, 4) is 0 Å².